The van der Waals surface area contributed by atoms with Crippen LogP contribution >= 0.6 is 0 Å². The van der Waals surface area contributed by atoms with Crippen LogP contribution in [0.25, 0.3) is 21.7 Å². The van der Waals surface area contributed by atoms with Crippen LogP contribution in [0.5, 0.6) is 0 Å². The highest BCUT2D eigenvalue weighted by Crippen LogP contribution is 2.24. The molecule has 3 aromatic rings. The number of nitrogens with zero attached hydrogens (tertiary/aromatic N) is 1. The second-order valence-corrected chi connectivity index (χ2v) is 4.82. The largest absolute Gasteiger partial charge is 0.422 e. The number of rotatable bonds is 2. The lowest BCUT2D eigenvalue weighted by molar-refractivity contribution is 0.249. The van der Waals surface area contributed by atoms with Crippen LogP contribution in [0.3, 0.4) is 0 Å². The van der Waals surface area contributed by atoms with Gasteiger partial charge in [-0.1, -0.05) is 30.3 Å². The van der Waals surface area contributed by atoms with E-state index >= 15 is 0 Å². The van der Waals surface area contributed by atoms with Gasteiger partial charge in [-0.15, -0.1) is 0 Å². The van der Waals surface area contributed by atoms with Crippen molar-refractivity contribution in [2.24, 2.45) is 10.8 Å². The summed E-state index contributed by atoms with van der Waals surface area (Å²) in [6.45, 7) is 1.60. The van der Waals surface area contributed by atoms with Crippen molar-refractivity contribution < 1.29 is 9.21 Å². The van der Waals surface area contributed by atoms with Crippen LogP contribution in [0.15, 0.2) is 56.8 Å². The molecule has 0 bridgehead atoms. The highest BCUT2D eigenvalue weighted by atomic mass is 16.4. The minimum Gasteiger partial charge on any atom is -0.422 e. The average Bonchev–Trinajstić information content (AvgIpc) is 2.51. The first-order valence-corrected chi connectivity index (χ1v) is 6.62. The highest BCUT2D eigenvalue weighted by molar-refractivity contribution is 6.08. The summed E-state index contributed by atoms with van der Waals surface area (Å²) in [5.74, 6) is 0. The quantitative estimate of drug-likeness (QED) is 0.328. The van der Waals surface area contributed by atoms with Gasteiger partial charge in [0.05, 0.1) is 11.3 Å². The molecule has 0 unspecified atom stereocenters. The first-order chi connectivity index (χ1) is 10.6. The molecule has 0 aliphatic carbocycles. The molecule has 0 radical (unpaired) electrons. The summed E-state index contributed by atoms with van der Waals surface area (Å²) in [7, 11) is 0. The number of nitrogens with two attached hydrogens (primary N) is 1. The molecule has 0 aliphatic heterocycles. The summed E-state index contributed by atoms with van der Waals surface area (Å²) in [6.07, 6.45) is 0. The third-order valence-electron chi connectivity index (χ3n) is 3.37. The number of carbonyl (C=O) groups excluding carboxylic acids is 1. The molecule has 0 saturated carbocycles. The van der Waals surface area contributed by atoms with Crippen LogP contribution in [0.4, 0.5) is 4.79 Å². The number of urea groups is 1. The van der Waals surface area contributed by atoms with Gasteiger partial charge in [0.1, 0.15) is 5.58 Å². The van der Waals surface area contributed by atoms with E-state index in [1.807, 2.05) is 30.3 Å². The topological polar surface area (TPSA) is 97.7 Å². The molecular weight excluding hydrogens is 282 g/mol. The highest BCUT2D eigenvalue weighted by Gasteiger charge is 2.10. The first kappa shape index (κ1) is 13.8. The Morgan fingerprint density at radius 3 is 2.73 bits per heavy atom. The number of hydrazone groups is 1. The number of carbonyl (C=O) groups is 1. The lowest BCUT2D eigenvalue weighted by atomic mass is 10.0. The van der Waals surface area contributed by atoms with Gasteiger partial charge in [0.25, 0.3) is 0 Å². The molecule has 0 spiro atoms. The standard InChI is InChI=1S/C16H13N3O3/c1-9(18-19-16(17)21)12-8-13-11-5-3-2-4-10(11)6-7-14(13)22-15(12)20/h2-8H,1H3,(H3,17,19,21)/b18-9+. The SMILES string of the molecule is C/C(=N\NC(N)=O)c1cc2c(ccc3ccccc32)oc1=O. The van der Waals surface area contributed by atoms with E-state index in [1.54, 1.807) is 19.1 Å². The monoisotopic (exact) mass is 295 g/mol. The van der Waals surface area contributed by atoms with Gasteiger partial charge in [-0.3, -0.25) is 0 Å². The Balaban J connectivity index is 2.26. The van der Waals surface area contributed by atoms with Crippen molar-refractivity contribution >= 4 is 33.5 Å². The smallest absolute Gasteiger partial charge is 0.345 e. The van der Waals surface area contributed by atoms with E-state index in [4.69, 9.17) is 10.2 Å². The van der Waals surface area contributed by atoms with Gasteiger partial charge in [0.2, 0.25) is 0 Å². The summed E-state index contributed by atoms with van der Waals surface area (Å²) < 4.78 is 5.35. The van der Waals surface area contributed by atoms with Crippen LogP contribution in [0.1, 0.15) is 12.5 Å². The van der Waals surface area contributed by atoms with Crippen LogP contribution in [-0.2, 0) is 0 Å². The van der Waals surface area contributed by atoms with Crippen molar-refractivity contribution in [3.8, 4) is 0 Å². The molecule has 3 N–H and O–H groups in total. The zero-order valence-corrected chi connectivity index (χ0v) is 11.8. The van der Waals surface area contributed by atoms with Crippen LogP contribution in [-0.4, -0.2) is 11.7 Å². The second kappa shape index (κ2) is 5.33. The average molecular weight is 295 g/mol. The molecule has 2 amide bonds. The minimum absolute atomic E-state index is 0.276. The summed E-state index contributed by atoms with van der Waals surface area (Å²) in [4.78, 5) is 22.8. The fourth-order valence-electron chi connectivity index (χ4n) is 2.32. The normalized spacial score (nSPS) is 11.8. The maximum Gasteiger partial charge on any atom is 0.345 e. The number of fused-ring (bicyclic) bond motifs is 3. The third-order valence-corrected chi connectivity index (χ3v) is 3.37. The first-order valence-electron chi connectivity index (χ1n) is 6.62. The van der Waals surface area contributed by atoms with Gasteiger partial charge in [-0.25, -0.2) is 15.0 Å². The number of amides is 2. The van der Waals surface area contributed by atoms with Crippen molar-refractivity contribution in [2.45, 2.75) is 6.92 Å². The lowest BCUT2D eigenvalue weighted by Gasteiger charge is -2.05. The predicted molar refractivity (Wildman–Crippen MR) is 84.9 cm³/mol. The van der Waals surface area contributed by atoms with Gasteiger partial charge < -0.3 is 10.2 Å². The van der Waals surface area contributed by atoms with E-state index in [-0.39, 0.29) is 5.56 Å². The lowest BCUT2D eigenvalue weighted by Crippen LogP contribution is -2.26. The zero-order valence-electron chi connectivity index (χ0n) is 11.8. The summed E-state index contributed by atoms with van der Waals surface area (Å²) >= 11 is 0. The van der Waals surface area contributed by atoms with Crippen molar-refractivity contribution in [1.29, 1.82) is 0 Å². The molecule has 6 nitrogen and oxygen atoms in total. The molecule has 110 valence electrons. The third kappa shape index (κ3) is 2.42. The van der Waals surface area contributed by atoms with Crippen LogP contribution in [0.2, 0.25) is 0 Å². The zero-order chi connectivity index (χ0) is 15.7. The molecule has 1 heterocycles. The van der Waals surface area contributed by atoms with E-state index in [1.165, 1.54) is 0 Å². The fourth-order valence-corrected chi connectivity index (χ4v) is 2.32. The fraction of sp³-hybridized carbons (Fsp3) is 0.0625. The Bertz CT molecular complexity index is 973. The van der Waals surface area contributed by atoms with Crippen molar-refractivity contribution in [3.05, 3.63) is 58.4 Å². The molecule has 1 aromatic heterocycles. The molecule has 2 aromatic carbocycles. The molecular formula is C16H13N3O3. The van der Waals surface area contributed by atoms with E-state index in [0.717, 1.165) is 16.2 Å². The Morgan fingerprint density at radius 1 is 1.18 bits per heavy atom. The van der Waals surface area contributed by atoms with Gasteiger partial charge >= 0.3 is 11.7 Å². The predicted octanol–water partition coefficient (Wildman–Crippen LogP) is 2.34. The minimum atomic E-state index is -0.796. The maximum absolute atomic E-state index is 12.1. The molecule has 22 heavy (non-hydrogen) atoms. The van der Waals surface area contributed by atoms with E-state index < -0.39 is 11.7 Å². The Hall–Kier alpha value is -3.15. The van der Waals surface area contributed by atoms with Crippen molar-refractivity contribution in [3.63, 3.8) is 0 Å². The Kier molecular flexibility index (Phi) is 3.34. The van der Waals surface area contributed by atoms with Gasteiger partial charge in [-0.05, 0) is 29.8 Å². The van der Waals surface area contributed by atoms with Gasteiger partial charge in [0, 0.05) is 5.39 Å². The van der Waals surface area contributed by atoms with Gasteiger partial charge in [0.15, 0.2) is 0 Å². The van der Waals surface area contributed by atoms with E-state index in [0.29, 0.717) is 11.3 Å². The molecule has 0 saturated heterocycles. The Morgan fingerprint density at radius 2 is 1.95 bits per heavy atom. The van der Waals surface area contributed by atoms with Crippen molar-refractivity contribution in [2.75, 3.05) is 0 Å². The molecule has 0 atom stereocenters. The number of hydrogen-bond donors (Lipinski definition) is 2. The molecule has 3 rings (SSSR count). The number of nitrogens with one attached hydrogen (secondary N) is 1. The molecule has 6 heteroatoms. The number of hydrogen-bond acceptors (Lipinski definition) is 4. The van der Waals surface area contributed by atoms with Crippen LogP contribution < -0.4 is 16.8 Å². The van der Waals surface area contributed by atoms with E-state index in [9.17, 15) is 9.59 Å². The molecule has 0 aliphatic rings. The summed E-state index contributed by atoms with van der Waals surface area (Å²) in [5.41, 5.74) is 7.65. The van der Waals surface area contributed by atoms with E-state index in [2.05, 4.69) is 10.5 Å². The summed E-state index contributed by atoms with van der Waals surface area (Å²) in [5, 5.41) is 6.59. The molecule has 0 fully saturated rings. The number of benzene rings is 2. The maximum atomic E-state index is 12.1. The van der Waals surface area contributed by atoms with Gasteiger partial charge in [-0.2, -0.15) is 5.10 Å². The second-order valence-electron chi connectivity index (χ2n) is 4.82. The summed E-state index contributed by atoms with van der Waals surface area (Å²) in [6, 6.07) is 12.4. The Labute approximate surface area is 125 Å². The van der Waals surface area contributed by atoms with Crippen LogP contribution in [0, 0.1) is 0 Å². The number of primary amides is 1. The van der Waals surface area contributed by atoms with Crippen molar-refractivity contribution in [1.82, 2.24) is 5.43 Å².